The van der Waals surface area contributed by atoms with E-state index in [9.17, 15) is 0 Å². The van der Waals surface area contributed by atoms with Crippen molar-refractivity contribution in [3.8, 4) is 0 Å². The Morgan fingerprint density at radius 2 is 2.64 bits per heavy atom. The van der Waals surface area contributed by atoms with Gasteiger partial charge in [0, 0.05) is 6.54 Å². The van der Waals surface area contributed by atoms with E-state index in [0.29, 0.717) is 0 Å². The van der Waals surface area contributed by atoms with Crippen LogP contribution in [0.3, 0.4) is 0 Å². The first-order valence-electron chi connectivity index (χ1n) is 5.11. The third kappa shape index (κ3) is 2.56. The van der Waals surface area contributed by atoms with Gasteiger partial charge < -0.3 is 14.6 Å². The standard InChI is InChI=1S/C10H17N3O/c1-13-3-2-9(7-13)4-11-5-10-6-12-8-14-10/h6,8-9,11H,2-5,7H2,1H3. The second-order valence-corrected chi connectivity index (χ2v) is 4.02. The van der Waals surface area contributed by atoms with Crippen molar-refractivity contribution in [1.29, 1.82) is 0 Å². The number of nitrogens with one attached hydrogen (secondary N) is 1. The summed E-state index contributed by atoms with van der Waals surface area (Å²) in [5, 5.41) is 3.39. The minimum atomic E-state index is 0.792. The van der Waals surface area contributed by atoms with Gasteiger partial charge in [0.1, 0.15) is 5.76 Å². The average molecular weight is 195 g/mol. The van der Waals surface area contributed by atoms with Crippen molar-refractivity contribution in [2.45, 2.75) is 13.0 Å². The van der Waals surface area contributed by atoms with E-state index in [1.54, 1.807) is 6.20 Å². The minimum absolute atomic E-state index is 0.792. The van der Waals surface area contributed by atoms with Crippen LogP contribution in [0.15, 0.2) is 17.0 Å². The summed E-state index contributed by atoms with van der Waals surface area (Å²) in [6.45, 7) is 4.31. The van der Waals surface area contributed by atoms with Crippen LogP contribution in [0, 0.1) is 5.92 Å². The maximum atomic E-state index is 5.14. The summed E-state index contributed by atoms with van der Waals surface area (Å²) >= 11 is 0. The van der Waals surface area contributed by atoms with Crippen LogP contribution in [0.1, 0.15) is 12.2 Å². The number of hydrogen-bond acceptors (Lipinski definition) is 4. The minimum Gasteiger partial charge on any atom is -0.447 e. The van der Waals surface area contributed by atoms with Crippen LogP contribution in [-0.4, -0.2) is 36.6 Å². The predicted octanol–water partition coefficient (Wildman–Crippen LogP) is 0.716. The van der Waals surface area contributed by atoms with Gasteiger partial charge in [0.05, 0.1) is 12.7 Å². The molecule has 1 atom stereocenters. The molecule has 0 bridgehead atoms. The van der Waals surface area contributed by atoms with Crippen LogP contribution in [-0.2, 0) is 6.54 Å². The second-order valence-electron chi connectivity index (χ2n) is 4.02. The molecule has 1 N–H and O–H groups in total. The molecule has 0 saturated carbocycles. The van der Waals surface area contributed by atoms with Crippen molar-refractivity contribution in [2.75, 3.05) is 26.7 Å². The van der Waals surface area contributed by atoms with Crippen LogP contribution >= 0.6 is 0 Å². The van der Waals surface area contributed by atoms with E-state index in [0.717, 1.165) is 24.8 Å². The molecule has 1 aromatic heterocycles. The molecule has 1 aliphatic heterocycles. The SMILES string of the molecule is CN1CCC(CNCc2cnco2)C1. The molecule has 0 radical (unpaired) electrons. The number of nitrogens with zero attached hydrogens (tertiary/aromatic N) is 2. The first-order chi connectivity index (χ1) is 6.84. The fraction of sp³-hybridized carbons (Fsp3) is 0.700. The Bertz CT molecular complexity index is 260. The van der Waals surface area contributed by atoms with Gasteiger partial charge in [0.2, 0.25) is 0 Å². The van der Waals surface area contributed by atoms with Crippen molar-refractivity contribution < 1.29 is 4.42 Å². The van der Waals surface area contributed by atoms with E-state index in [4.69, 9.17) is 4.42 Å². The van der Waals surface area contributed by atoms with Crippen LogP contribution in [0.4, 0.5) is 0 Å². The van der Waals surface area contributed by atoms with Crippen molar-refractivity contribution in [1.82, 2.24) is 15.2 Å². The normalized spacial score (nSPS) is 23.1. The Labute approximate surface area is 84.3 Å². The summed E-state index contributed by atoms with van der Waals surface area (Å²) in [5.41, 5.74) is 0. The molecule has 0 amide bonds. The first-order valence-corrected chi connectivity index (χ1v) is 5.11. The lowest BCUT2D eigenvalue weighted by atomic mass is 10.1. The summed E-state index contributed by atoms with van der Waals surface area (Å²) in [6, 6.07) is 0. The Balaban J connectivity index is 1.64. The highest BCUT2D eigenvalue weighted by Gasteiger charge is 2.18. The highest BCUT2D eigenvalue weighted by molar-refractivity contribution is 4.87. The maximum Gasteiger partial charge on any atom is 0.180 e. The van der Waals surface area contributed by atoms with Crippen LogP contribution < -0.4 is 5.32 Å². The Morgan fingerprint density at radius 3 is 3.29 bits per heavy atom. The molecule has 4 nitrogen and oxygen atoms in total. The van der Waals surface area contributed by atoms with Gasteiger partial charge in [-0.1, -0.05) is 0 Å². The van der Waals surface area contributed by atoms with Crippen LogP contribution in [0.25, 0.3) is 0 Å². The van der Waals surface area contributed by atoms with Gasteiger partial charge in [-0.2, -0.15) is 0 Å². The van der Waals surface area contributed by atoms with E-state index in [1.165, 1.54) is 25.9 Å². The maximum absolute atomic E-state index is 5.14. The number of rotatable bonds is 4. The van der Waals surface area contributed by atoms with Crippen LogP contribution in [0.2, 0.25) is 0 Å². The number of hydrogen-bond donors (Lipinski definition) is 1. The number of likely N-dealkylation sites (tertiary alicyclic amines) is 1. The molecule has 1 unspecified atom stereocenters. The zero-order valence-electron chi connectivity index (χ0n) is 8.57. The zero-order chi connectivity index (χ0) is 9.80. The molecule has 1 aliphatic rings. The van der Waals surface area contributed by atoms with Gasteiger partial charge in [0.25, 0.3) is 0 Å². The number of oxazole rings is 1. The van der Waals surface area contributed by atoms with Crippen molar-refractivity contribution in [3.05, 3.63) is 18.4 Å². The van der Waals surface area contributed by atoms with Gasteiger partial charge in [-0.05, 0) is 32.5 Å². The quantitative estimate of drug-likeness (QED) is 0.768. The fourth-order valence-corrected chi connectivity index (χ4v) is 1.92. The molecule has 1 fully saturated rings. The third-order valence-electron chi connectivity index (χ3n) is 2.70. The molecule has 1 saturated heterocycles. The van der Waals surface area contributed by atoms with Crippen molar-refractivity contribution in [2.24, 2.45) is 5.92 Å². The van der Waals surface area contributed by atoms with Crippen molar-refractivity contribution >= 4 is 0 Å². The van der Waals surface area contributed by atoms with Gasteiger partial charge in [-0.3, -0.25) is 0 Å². The van der Waals surface area contributed by atoms with E-state index in [2.05, 4.69) is 22.2 Å². The van der Waals surface area contributed by atoms with Gasteiger partial charge in [0.15, 0.2) is 6.39 Å². The Morgan fingerprint density at radius 1 is 1.71 bits per heavy atom. The Hall–Kier alpha value is -0.870. The summed E-state index contributed by atoms with van der Waals surface area (Å²) < 4.78 is 5.14. The second kappa shape index (κ2) is 4.57. The van der Waals surface area contributed by atoms with Gasteiger partial charge in [-0.15, -0.1) is 0 Å². The van der Waals surface area contributed by atoms with Gasteiger partial charge >= 0.3 is 0 Å². The summed E-state index contributed by atoms with van der Waals surface area (Å²) in [4.78, 5) is 6.25. The Kier molecular flexibility index (Phi) is 3.16. The lowest BCUT2D eigenvalue weighted by Gasteiger charge is -2.10. The predicted molar refractivity (Wildman–Crippen MR) is 53.8 cm³/mol. The topological polar surface area (TPSA) is 41.3 Å². The molecule has 0 aromatic carbocycles. The van der Waals surface area contributed by atoms with E-state index in [-0.39, 0.29) is 0 Å². The number of aromatic nitrogens is 1. The molecule has 2 heterocycles. The molecule has 2 rings (SSSR count). The smallest absolute Gasteiger partial charge is 0.180 e. The summed E-state index contributed by atoms with van der Waals surface area (Å²) in [5.74, 6) is 1.71. The lowest BCUT2D eigenvalue weighted by molar-refractivity contribution is 0.384. The van der Waals surface area contributed by atoms with Crippen LogP contribution in [0.5, 0.6) is 0 Å². The van der Waals surface area contributed by atoms with E-state index >= 15 is 0 Å². The van der Waals surface area contributed by atoms with Crippen molar-refractivity contribution in [3.63, 3.8) is 0 Å². The largest absolute Gasteiger partial charge is 0.447 e. The van der Waals surface area contributed by atoms with Gasteiger partial charge in [-0.25, -0.2) is 4.98 Å². The zero-order valence-corrected chi connectivity index (χ0v) is 8.57. The summed E-state index contributed by atoms with van der Waals surface area (Å²) in [6.07, 6.45) is 4.54. The molecule has 4 heteroatoms. The monoisotopic (exact) mass is 195 g/mol. The lowest BCUT2D eigenvalue weighted by Crippen LogP contribution is -2.24. The van der Waals surface area contributed by atoms with E-state index < -0.39 is 0 Å². The van der Waals surface area contributed by atoms with E-state index in [1.807, 2.05) is 0 Å². The molecule has 78 valence electrons. The molecule has 0 aliphatic carbocycles. The first kappa shape index (κ1) is 9.68. The fourth-order valence-electron chi connectivity index (χ4n) is 1.92. The highest BCUT2D eigenvalue weighted by atomic mass is 16.3. The molecule has 1 aromatic rings. The molecule has 14 heavy (non-hydrogen) atoms. The molecular weight excluding hydrogens is 178 g/mol. The summed E-state index contributed by atoms with van der Waals surface area (Å²) in [7, 11) is 2.18. The highest BCUT2D eigenvalue weighted by Crippen LogP contribution is 2.12. The average Bonchev–Trinajstić information content (AvgIpc) is 2.77. The molecule has 0 spiro atoms. The third-order valence-corrected chi connectivity index (χ3v) is 2.70. The molecular formula is C10H17N3O.